The third kappa shape index (κ3) is 4.45. The van der Waals surface area contributed by atoms with E-state index in [0.29, 0.717) is 12.2 Å². The fourth-order valence-corrected chi connectivity index (χ4v) is 4.92. The summed E-state index contributed by atoms with van der Waals surface area (Å²) in [7, 11) is 0. The largest absolute Gasteiger partial charge is 0.352 e. The lowest BCUT2D eigenvalue weighted by molar-refractivity contribution is -0.125. The van der Waals surface area contributed by atoms with Crippen molar-refractivity contribution in [2.24, 2.45) is 0 Å². The lowest BCUT2D eigenvalue weighted by atomic mass is 10.1. The fourth-order valence-electron chi connectivity index (χ4n) is 3.90. The number of aromatic nitrogens is 3. The number of hydrogen-bond acceptors (Lipinski definition) is 4. The minimum Gasteiger partial charge on any atom is -0.352 e. The summed E-state index contributed by atoms with van der Waals surface area (Å²) >= 11 is 1.56. The molecule has 1 amide bonds. The molecule has 29 heavy (non-hydrogen) atoms. The molecule has 2 aromatic heterocycles. The Hall–Kier alpha value is -2.41. The number of benzene rings is 1. The van der Waals surface area contributed by atoms with Crippen molar-refractivity contribution >= 4 is 28.7 Å². The van der Waals surface area contributed by atoms with Gasteiger partial charge in [0.05, 0.1) is 17.2 Å². The molecule has 1 unspecified atom stereocenters. The second-order valence-electron chi connectivity index (χ2n) is 7.46. The average molecular weight is 413 g/mol. The quantitative estimate of drug-likeness (QED) is 0.562. The predicted octanol–water partition coefficient (Wildman–Crippen LogP) is 4.87. The predicted molar refractivity (Wildman–Crippen MR) is 113 cm³/mol. The fraction of sp³-hybridized carbons (Fsp3) is 0.409. The smallest absolute Gasteiger partial charge is 0.243 e. The van der Waals surface area contributed by atoms with Crippen LogP contribution in [0.4, 0.5) is 4.39 Å². The van der Waals surface area contributed by atoms with Crippen molar-refractivity contribution in [1.82, 2.24) is 19.9 Å². The minimum absolute atomic E-state index is 0.0474. The molecule has 0 aliphatic heterocycles. The van der Waals surface area contributed by atoms with Crippen LogP contribution in [0.5, 0.6) is 0 Å². The van der Waals surface area contributed by atoms with Gasteiger partial charge in [-0.15, -0.1) is 0 Å². The summed E-state index contributed by atoms with van der Waals surface area (Å²) in [5, 5.41) is 4.01. The molecule has 4 rings (SSSR count). The van der Waals surface area contributed by atoms with Crippen LogP contribution in [0.3, 0.4) is 0 Å². The number of rotatable bonds is 7. The molecule has 1 fully saturated rings. The summed E-state index contributed by atoms with van der Waals surface area (Å²) in [6, 6.07) is 8.30. The number of carbonyl (C=O) groups is 1. The van der Waals surface area contributed by atoms with Crippen LogP contribution in [0, 0.1) is 5.82 Å². The molecule has 1 N–H and O–H groups in total. The maximum Gasteiger partial charge on any atom is 0.243 e. The summed E-state index contributed by atoms with van der Waals surface area (Å²) in [4.78, 5) is 22.1. The van der Waals surface area contributed by atoms with Gasteiger partial charge in [-0.25, -0.2) is 9.37 Å². The van der Waals surface area contributed by atoms with Gasteiger partial charge in [0.2, 0.25) is 5.91 Å². The van der Waals surface area contributed by atoms with Crippen molar-refractivity contribution in [1.29, 1.82) is 0 Å². The van der Waals surface area contributed by atoms with E-state index >= 15 is 0 Å². The van der Waals surface area contributed by atoms with Crippen LogP contribution in [0.1, 0.15) is 50.6 Å². The summed E-state index contributed by atoms with van der Waals surface area (Å²) in [5.41, 5.74) is 2.70. The number of nitrogens with one attached hydrogen (secondary N) is 1. The van der Waals surface area contributed by atoms with Gasteiger partial charge in [0.1, 0.15) is 11.9 Å². The molecule has 1 aliphatic rings. The molecule has 0 spiro atoms. The number of carbonyl (C=O) groups excluding carboxylic acids is 1. The van der Waals surface area contributed by atoms with Gasteiger partial charge in [-0.1, -0.05) is 43.7 Å². The highest BCUT2D eigenvalue weighted by molar-refractivity contribution is 7.98. The molecule has 1 aromatic carbocycles. The molecule has 7 heteroatoms. The Morgan fingerprint density at radius 3 is 2.76 bits per heavy atom. The van der Waals surface area contributed by atoms with Crippen LogP contribution in [-0.4, -0.2) is 26.5 Å². The first-order valence-corrected chi connectivity index (χ1v) is 11.1. The molecule has 5 nitrogen and oxygen atoms in total. The minimum atomic E-state index is -0.333. The van der Waals surface area contributed by atoms with Gasteiger partial charge in [0, 0.05) is 18.0 Å². The molecule has 1 saturated carbocycles. The summed E-state index contributed by atoms with van der Waals surface area (Å²) in [6.45, 7) is 2.02. The zero-order valence-corrected chi connectivity index (χ0v) is 17.3. The Labute approximate surface area is 174 Å². The molecule has 0 radical (unpaired) electrons. The molecule has 1 aliphatic carbocycles. The molecule has 152 valence electrons. The van der Waals surface area contributed by atoms with Gasteiger partial charge < -0.3 is 9.88 Å². The number of fused-ring (bicyclic) bond motifs is 1. The maximum absolute atomic E-state index is 13.2. The number of nitrogens with zero attached hydrogens (tertiary/aromatic N) is 3. The molecular weight excluding hydrogens is 387 g/mol. The Morgan fingerprint density at radius 2 is 2.03 bits per heavy atom. The summed E-state index contributed by atoms with van der Waals surface area (Å²) in [5.74, 6) is 0.454. The van der Waals surface area contributed by atoms with Crippen molar-refractivity contribution in [3.63, 3.8) is 0 Å². The Bertz CT molecular complexity index is 982. The third-order valence-electron chi connectivity index (χ3n) is 5.44. The highest BCUT2D eigenvalue weighted by Gasteiger charge is 2.27. The van der Waals surface area contributed by atoms with E-state index in [1.165, 1.54) is 25.0 Å². The van der Waals surface area contributed by atoms with Crippen molar-refractivity contribution in [2.75, 3.05) is 0 Å². The van der Waals surface area contributed by atoms with Crippen molar-refractivity contribution in [3.05, 3.63) is 54.1 Å². The number of imidazole rings is 1. The van der Waals surface area contributed by atoms with Crippen LogP contribution in [0.2, 0.25) is 0 Å². The van der Waals surface area contributed by atoms with Crippen molar-refractivity contribution in [3.8, 4) is 0 Å². The second-order valence-corrected chi connectivity index (χ2v) is 8.40. The van der Waals surface area contributed by atoms with E-state index in [-0.39, 0.29) is 23.8 Å². The van der Waals surface area contributed by atoms with E-state index < -0.39 is 0 Å². The van der Waals surface area contributed by atoms with Gasteiger partial charge in [-0.05, 0) is 43.0 Å². The molecule has 1 atom stereocenters. The monoisotopic (exact) mass is 412 g/mol. The molecular formula is C22H25FN4OS. The Kier molecular flexibility index (Phi) is 6.13. The Morgan fingerprint density at radius 1 is 1.28 bits per heavy atom. The first-order chi connectivity index (χ1) is 14.2. The van der Waals surface area contributed by atoms with E-state index in [2.05, 4.69) is 10.3 Å². The number of halogens is 1. The zero-order valence-electron chi connectivity index (χ0n) is 16.5. The lowest BCUT2D eigenvalue weighted by Crippen LogP contribution is -2.38. The highest BCUT2D eigenvalue weighted by atomic mass is 32.2. The molecule has 0 saturated heterocycles. The van der Waals surface area contributed by atoms with E-state index in [9.17, 15) is 9.18 Å². The van der Waals surface area contributed by atoms with E-state index in [1.807, 2.05) is 17.6 Å². The number of amides is 1. The van der Waals surface area contributed by atoms with Crippen LogP contribution in [0.15, 0.2) is 47.9 Å². The van der Waals surface area contributed by atoms with Crippen LogP contribution < -0.4 is 5.32 Å². The van der Waals surface area contributed by atoms with Gasteiger partial charge >= 0.3 is 0 Å². The van der Waals surface area contributed by atoms with E-state index in [1.54, 1.807) is 36.3 Å². The van der Waals surface area contributed by atoms with Crippen molar-refractivity contribution in [2.45, 2.75) is 62.0 Å². The Balaban J connectivity index is 1.62. The van der Waals surface area contributed by atoms with E-state index in [0.717, 1.165) is 34.6 Å². The third-order valence-corrected chi connectivity index (χ3v) is 6.47. The SMILES string of the molecule is CCC(C(=O)NC1CCCC1)n1c(SCc2ccc(F)cc2)nc2ccncc21. The molecule has 0 bridgehead atoms. The van der Waals surface area contributed by atoms with Gasteiger partial charge in [-0.2, -0.15) is 0 Å². The second kappa shape index (κ2) is 8.95. The van der Waals surface area contributed by atoms with Crippen molar-refractivity contribution < 1.29 is 9.18 Å². The maximum atomic E-state index is 13.2. The highest BCUT2D eigenvalue weighted by Crippen LogP contribution is 2.31. The standard InChI is InChI=1S/C22H25FN4OS/c1-2-19(21(28)25-17-5-3-4-6-17)27-20-13-24-12-11-18(20)26-22(27)29-14-15-7-9-16(23)10-8-15/h7-13,17,19H,2-6,14H2,1H3,(H,25,28). The van der Waals surface area contributed by atoms with E-state index in [4.69, 9.17) is 4.98 Å². The number of hydrogen-bond donors (Lipinski definition) is 1. The topological polar surface area (TPSA) is 59.8 Å². The summed E-state index contributed by atoms with van der Waals surface area (Å²) in [6.07, 6.45) is 8.63. The summed E-state index contributed by atoms with van der Waals surface area (Å²) < 4.78 is 15.2. The van der Waals surface area contributed by atoms with Crippen LogP contribution in [-0.2, 0) is 10.5 Å². The van der Waals surface area contributed by atoms with Gasteiger partial charge in [-0.3, -0.25) is 9.78 Å². The van der Waals surface area contributed by atoms with Crippen LogP contribution in [0.25, 0.3) is 11.0 Å². The number of pyridine rings is 1. The normalized spacial score (nSPS) is 15.7. The number of thioether (sulfide) groups is 1. The average Bonchev–Trinajstić information content (AvgIpc) is 3.36. The first kappa shape index (κ1) is 19.9. The first-order valence-electron chi connectivity index (χ1n) is 10.1. The molecule has 3 aromatic rings. The lowest BCUT2D eigenvalue weighted by Gasteiger charge is -2.22. The molecule has 2 heterocycles. The van der Waals surface area contributed by atoms with Gasteiger partial charge in [0.15, 0.2) is 5.16 Å². The van der Waals surface area contributed by atoms with Gasteiger partial charge in [0.25, 0.3) is 0 Å². The van der Waals surface area contributed by atoms with Crippen LogP contribution >= 0.6 is 11.8 Å². The zero-order chi connectivity index (χ0) is 20.2.